The van der Waals surface area contributed by atoms with Crippen molar-refractivity contribution in [2.45, 2.75) is 33.1 Å². The lowest BCUT2D eigenvalue weighted by molar-refractivity contribution is -0.134. The van der Waals surface area contributed by atoms with Gasteiger partial charge in [-0.15, -0.1) is 0 Å². The van der Waals surface area contributed by atoms with Crippen molar-refractivity contribution in [1.82, 2.24) is 10.2 Å². The van der Waals surface area contributed by atoms with Crippen LogP contribution in [0, 0.1) is 5.41 Å². The third kappa shape index (κ3) is 4.00. The van der Waals surface area contributed by atoms with Gasteiger partial charge in [-0.05, 0) is 18.3 Å². The first-order chi connectivity index (χ1) is 8.00. The van der Waals surface area contributed by atoms with Gasteiger partial charge in [-0.25, -0.2) is 0 Å². The molecule has 1 fully saturated rings. The highest BCUT2D eigenvalue weighted by Crippen LogP contribution is 2.33. The van der Waals surface area contributed by atoms with E-state index in [0.29, 0.717) is 5.41 Å². The quantitative estimate of drug-likeness (QED) is 0.733. The van der Waals surface area contributed by atoms with Crippen LogP contribution in [0.3, 0.4) is 0 Å². The number of nitrogens with two attached hydrogens (primary N) is 1. The summed E-state index contributed by atoms with van der Waals surface area (Å²) in [6.07, 6.45) is 3.24. The lowest BCUT2D eigenvalue weighted by Gasteiger charge is -2.38. The molecule has 0 atom stereocenters. The Labute approximate surface area is 103 Å². The van der Waals surface area contributed by atoms with Crippen molar-refractivity contribution >= 4 is 11.8 Å². The van der Waals surface area contributed by atoms with Gasteiger partial charge >= 0.3 is 0 Å². The van der Waals surface area contributed by atoms with E-state index in [2.05, 4.69) is 19.2 Å². The molecule has 1 aliphatic heterocycles. The molecule has 0 saturated carbocycles. The number of carbonyl (C=O) groups is 2. The number of piperidine rings is 1. The topological polar surface area (TPSA) is 75.4 Å². The maximum Gasteiger partial charge on any atom is 0.241 e. The van der Waals surface area contributed by atoms with Gasteiger partial charge in [0, 0.05) is 13.1 Å². The second kappa shape index (κ2) is 6.00. The van der Waals surface area contributed by atoms with Crippen LogP contribution in [0.5, 0.6) is 0 Å². The number of hydrogen-bond donors (Lipinski definition) is 2. The van der Waals surface area contributed by atoms with E-state index in [0.717, 1.165) is 32.4 Å². The van der Waals surface area contributed by atoms with Crippen molar-refractivity contribution in [3.05, 3.63) is 0 Å². The molecule has 0 radical (unpaired) electrons. The molecule has 5 heteroatoms. The van der Waals surface area contributed by atoms with Gasteiger partial charge < -0.3 is 16.0 Å². The average molecular weight is 241 g/mol. The molecule has 0 aromatic carbocycles. The number of amides is 2. The highest BCUT2D eigenvalue weighted by atomic mass is 16.2. The predicted octanol–water partition coefficient (Wildman–Crippen LogP) is 0.100. The fourth-order valence-corrected chi connectivity index (χ4v) is 2.01. The summed E-state index contributed by atoms with van der Waals surface area (Å²) in [4.78, 5) is 24.6. The molecule has 5 nitrogen and oxygen atoms in total. The van der Waals surface area contributed by atoms with Crippen LogP contribution >= 0.6 is 0 Å². The summed E-state index contributed by atoms with van der Waals surface area (Å²) in [7, 11) is 0. The minimum atomic E-state index is -0.284. The van der Waals surface area contributed by atoms with Crippen LogP contribution in [0.2, 0.25) is 0 Å². The lowest BCUT2D eigenvalue weighted by Crippen LogP contribution is -2.46. The Morgan fingerprint density at radius 1 is 1.35 bits per heavy atom. The van der Waals surface area contributed by atoms with E-state index in [1.165, 1.54) is 0 Å². The molecule has 0 spiro atoms. The summed E-state index contributed by atoms with van der Waals surface area (Å²) in [5, 5.41) is 2.51. The van der Waals surface area contributed by atoms with Gasteiger partial charge in [-0.2, -0.15) is 0 Å². The molecule has 3 N–H and O–H groups in total. The van der Waals surface area contributed by atoms with Crippen LogP contribution in [-0.4, -0.2) is 42.9 Å². The second-order valence-electron chi connectivity index (χ2n) is 5.03. The van der Waals surface area contributed by atoms with Gasteiger partial charge in [0.05, 0.1) is 13.1 Å². The fraction of sp³-hybridized carbons (Fsp3) is 0.833. The van der Waals surface area contributed by atoms with E-state index in [9.17, 15) is 9.59 Å². The Kier molecular flexibility index (Phi) is 4.93. The fourth-order valence-electron chi connectivity index (χ4n) is 2.01. The molecule has 0 bridgehead atoms. The summed E-state index contributed by atoms with van der Waals surface area (Å²) in [5.41, 5.74) is 5.53. The van der Waals surface area contributed by atoms with Crippen LogP contribution in [-0.2, 0) is 9.59 Å². The first-order valence-corrected chi connectivity index (χ1v) is 6.25. The van der Waals surface area contributed by atoms with Gasteiger partial charge in [0.25, 0.3) is 0 Å². The average Bonchev–Trinajstić information content (AvgIpc) is 2.36. The van der Waals surface area contributed by atoms with Gasteiger partial charge in [-0.1, -0.05) is 20.3 Å². The van der Waals surface area contributed by atoms with Crippen molar-refractivity contribution in [2.75, 3.05) is 26.2 Å². The summed E-state index contributed by atoms with van der Waals surface area (Å²) in [5.74, 6) is -0.293. The van der Waals surface area contributed by atoms with Gasteiger partial charge in [0.1, 0.15) is 0 Å². The Bertz CT molecular complexity index is 283. The van der Waals surface area contributed by atoms with Crippen molar-refractivity contribution < 1.29 is 9.59 Å². The van der Waals surface area contributed by atoms with Crippen LogP contribution in [0.15, 0.2) is 0 Å². The van der Waals surface area contributed by atoms with Crippen LogP contribution in [0.25, 0.3) is 0 Å². The minimum absolute atomic E-state index is 0.00930. The van der Waals surface area contributed by atoms with E-state index >= 15 is 0 Å². The van der Waals surface area contributed by atoms with Crippen molar-refractivity contribution in [3.8, 4) is 0 Å². The molecule has 17 heavy (non-hydrogen) atoms. The number of nitrogens with one attached hydrogen (secondary N) is 1. The molecule has 0 aromatic heterocycles. The minimum Gasteiger partial charge on any atom is -0.346 e. The molecule has 0 aliphatic carbocycles. The molecule has 0 aromatic rings. The molecular weight excluding hydrogens is 218 g/mol. The zero-order valence-electron chi connectivity index (χ0n) is 10.8. The second-order valence-corrected chi connectivity index (χ2v) is 5.03. The van der Waals surface area contributed by atoms with Gasteiger partial charge in [0.2, 0.25) is 11.8 Å². The zero-order chi connectivity index (χ0) is 12.9. The smallest absolute Gasteiger partial charge is 0.241 e. The maximum atomic E-state index is 11.8. The van der Waals surface area contributed by atoms with Crippen LogP contribution < -0.4 is 11.1 Å². The highest BCUT2D eigenvalue weighted by molar-refractivity contribution is 5.85. The van der Waals surface area contributed by atoms with Crippen molar-refractivity contribution in [1.29, 1.82) is 0 Å². The molecule has 98 valence electrons. The van der Waals surface area contributed by atoms with Crippen LogP contribution in [0.4, 0.5) is 0 Å². The number of rotatable bonds is 4. The normalized spacial score (nSPS) is 18.9. The monoisotopic (exact) mass is 241 g/mol. The highest BCUT2D eigenvalue weighted by Gasteiger charge is 2.30. The van der Waals surface area contributed by atoms with Crippen molar-refractivity contribution in [2.24, 2.45) is 11.1 Å². The molecule has 1 saturated heterocycles. The predicted molar refractivity (Wildman–Crippen MR) is 66.3 cm³/mol. The summed E-state index contributed by atoms with van der Waals surface area (Å²) < 4.78 is 0. The van der Waals surface area contributed by atoms with E-state index in [1.807, 2.05) is 4.90 Å². The number of likely N-dealkylation sites (tertiary alicyclic amines) is 1. The molecule has 1 rings (SSSR count). The molecular formula is C12H23N3O2. The first kappa shape index (κ1) is 14.0. The summed E-state index contributed by atoms with van der Waals surface area (Å²) in [6.45, 7) is 6.05. The molecule has 2 amide bonds. The zero-order valence-corrected chi connectivity index (χ0v) is 10.8. The lowest BCUT2D eigenvalue weighted by atomic mass is 9.78. The Balaban J connectivity index is 2.33. The Morgan fingerprint density at radius 3 is 2.41 bits per heavy atom. The van der Waals surface area contributed by atoms with E-state index in [1.54, 1.807) is 0 Å². The molecule has 1 heterocycles. The Hall–Kier alpha value is -1.10. The summed E-state index contributed by atoms with van der Waals surface area (Å²) in [6, 6.07) is 0. The number of nitrogens with zero attached hydrogens (tertiary/aromatic N) is 1. The summed E-state index contributed by atoms with van der Waals surface area (Å²) >= 11 is 0. The van der Waals surface area contributed by atoms with Gasteiger partial charge in [-0.3, -0.25) is 9.59 Å². The van der Waals surface area contributed by atoms with Crippen molar-refractivity contribution in [3.63, 3.8) is 0 Å². The third-order valence-electron chi connectivity index (χ3n) is 3.80. The van der Waals surface area contributed by atoms with E-state index in [-0.39, 0.29) is 24.9 Å². The standard InChI is InChI=1S/C12H23N3O2/c1-3-12(2)4-6-15(7-5-12)11(17)9-14-10(16)8-13/h3-9,13H2,1-2H3,(H,14,16). The Morgan fingerprint density at radius 2 is 1.94 bits per heavy atom. The first-order valence-electron chi connectivity index (χ1n) is 6.25. The SMILES string of the molecule is CCC1(C)CCN(C(=O)CNC(=O)CN)CC1. The van der Waals surface area contributed by atoms with E-state index < -0.39 is 0 Å². The van der Waals surface area contributed by atoms with Gasteiger partial charge in [0.15, 0.2) is 0 Å². The molecule has 0 unspecified atom stereocenters. The molecule has 1 aliphatic rings. The maximum absolute atomic E-state index is 11.8. The number of carbonyl (C=O) groups excluding carboxylic acids is 2. The third-order valence-corrected chi connectivity index (χ3v) is 3.80. The van der Waals surface area contributed by atoms with E-state index in [4.69, 9.17) is 5.73 Å². The number of hydrogen-bond acceptors (Lipinski definition) is 3. The van der Waals surface area contributed by atoms with Crippen LogP contribution in [0.1, 0.15) is 33.1 Å². The largest absolute Gasteiger partial charge is 0.346 e.